The minimum Gasteiger partial charge on any atom is -0.491 e. The highest BCUT2D eigenvalue weighted by Gasteiger charge is 2.24. The van der Waals surface area contributed by atoms with Crippen LogP contribution in [0.4, 0.5) is 4.39 Å². The minimum absolute atomic E-state index is 0.0825. The van der Waals surface area contributed by atoms with Crippen LogP contribution in [-0.2, 0) is 6.42 Å². The van der Waals surface area contributed by atoms with E-state index in [1.54, 1.807) is 11.8 Å². The first kappa shape index (κ1) is 13.9. The number of halogens is 1. The first-order valence-corrected chi connectivity index (χ1v) is 7.42. The Hall–Kier alpha value is -2.01. The van der Waals surface area contributed by atoms with E-state index < -0.39 is 17.3 Å². The lowest BCUT2D eigenvalue weighted by atomic mass is 10.1. The van der Waals surface area contributed by atoms with Crippen molar-refractivity contribution in [2.75, 3.05) is 6.61 Å². The molecule has 0 radical (unpaired) electrons. The Kier molecular flexibility index (Phi) is 3.84. The Balaban J connectivity index is 1.70. The van der Waals surface area contributed by atoms with E-state index in [1.165, 1.54) is 22.6 Å². The molecular formula is C16H13FO3S. The van der Waals surface area contributed by atoms with E-state index in [-0.39, 0.29) is 11.0 Å². The van der Waals surface area contributed by atoms with Gasteiger partial charge in [0.15, 0.2) is 0 Å². The molecule has 0 aliphatic carbocycles. The second-order valence-corrected chi connectivity index (χ2v) is 6.12. The van der Waals surface area contributed by atoms with E-state index in [2.05, 4.69) is 12.1 Å². The van der Waals surface area contributed by atoms with Crippen LogP contribution < -0.4 is 4.74 Å². The lowest BCUT2D eigenvalue weighted by Gasteiger charge is -2.13. The van der Waals surface area contributed by atoms with E-state index in [0.29, 0.717) is 6.61 Å². The second-order valence-electron chi connectivity index (χ2n) is 4.78. The summed E-state index contributed by atoms with van der Waals surface area (Å²) >= 11 is 1.71. The smallest absolute Gasteiger partial charge is 0.342 e. The molecule has 1 aliphatic rings. The lowest BCUT2D eigenvalue weighted by Crippen LogP contribution is -2.15. The van der Waals surface area contributed by atoms with Gasteiger partial charge in [-0.2, -0.15) is 0 Å². The molecule has 5 heteroatoms. The molecule has 1 N–H and O–H groups in total. The second kappa shape index (κ2) is 5.77. The van der Waals surface area contributed by atoms with Gasteiger partial charge in [-0.1, -0.05) is 24.3 Å². The number of aromatic carboxylic acids is 1. The van der Waals surface area contributed by atoms with E-state index >= 15 is 0 Å². The predicted octanol–water partition coefficient (Wildman–Crippen LogP) is 3.62. The molecule has 1 atom stereocenters. The third-order valence-electron chi connectivity index (χ3n) is 3.33. The molecule has 0 bridgehead atoms. The quantitative estimate of drug-likeness (QED) is 0.937. The highest BCUT2D eigenvalue weighted by molar-refractivity contribution is 8.00. The molecule has 3 nitrogen and oxygen atoms in total. The predicted molar refractivity (Wildman–Crippen MR) is 78.6 cm³/mol. The van der Waals surface area contributed by atoms with Crippen molar-refractivity contribution in [2.45, 2.75) is 16.6 Å². The summed E-state index contributed by atoms with van der Waals surface area (Å²) in [6, 6.07) is 12.2. The number of benzene rings is 2. The van der Waals surface area contributed by atoms with Gasteiger partial charge in [-0.05, 0) is 30.2 Å². The minimum atomic E-state index is -1.31. The highest BCUT2D eigenvalue weighted by Crippen LogP contribution is 2.37. The Bertz CT molecular complexity index is 662. The molecule has 0 saturated heterocycles. The summed E-state index contributed by atoms with van der Waals surface area (Å²) in [6.45, 7) is 0.350. The number of hydrogen-bond donors (Lipinski definition) is 1. The van der Waals surface area contributed by atoms with Crippen molar-refractivity contribution in [3.8, 4) is 5.75 Å². The average Bonchev–Trinajstić information content (AvgIpc) is 2.87. The van der Waals surface area contributed by atoms with Gasteiger partial charge < -0.3 is 9.84 Å². The van der Waals surface area contributed by atoms with Crippen LogP contribution in [0, 0.1) is 5.82 Å². The Morgan fingerprint density at radius 2 is 2.10 bits per heavy atom. The number of fused-ring (bicyclic) bond motifs is 1. The molecule has 0 spiro atoms. The topological polar surface area (TPSA) is 46.5 Å². The Morgan fingerprint density at radius 3 is 2.86 bits per heavy atom. The van der Waals surface area contributed by atoms with Gasteiger partial charge in [-0.25, -0.2) is 9.18 Å². The van der Waals surface area contributed by atoms with Crippen LogP contribution in [0.25, 0.3) is 0 Å². The molecule has 108 valence electrons. The van der Waals surface area contributed by atoms with Gasteiger partial charge in [0.2, 0.25) is 0 Å². The standard InChI is InChI=1S/C16H13FO3S/c17-12-5-3-6-13(15(12)16(18)19)20-9-11-8-10-4-1-2-7-14(10)21-11/h1-7,11H,8-9H2,(H,18,19). The van der Waals surface area contributed by atoms with Crippen molar-refractivity contribution in [3.05, 3.63) is 59.4 Å². The third-order valence-corrected chi connectivity index (χ3v) is 4.62. The summed E-state index contributed by atoms with van der Waals surface area (Å²) in [4.78, 5) is 12.3. The number of ether oxygens (including phenoxy) is 1. The van der Waals surface area contributed by atoms with Gasteiger partial charge in [-0.3, -0.25) is 0 Å². The van der Waals surface area contributed by atoms with Gasteiger partial charge >= 0.3 is 5.97 Å². The Labute approximate surface area is 125 Å². The summed E-state index contributed by atoms with van der Waals surface area (Å²) < 4.78 is 19.1. The third kappa shape index (κ3) is 2.88. The highest BCUT2D eigenvalue weighted by atomic mass is 32.2. The number of carboxylic acids is 1. The molecule has 2 aromatic carbocycles. The Morgan fingerprint density at radius 1 is 1.29 bits per heavy atom. The van der Waals surface area contributed by atoms with Crippen LogP contribution in [-0.4, -0.2) is 22.9 Å². The van der Waals surface area contributed by atoms with Crippen LogP contribution in [0.3, 0.4) is 0 Å². The van der Waals surface area contributed by atoms with Gasteiger partial charge in [0.1, 0.15) is 23.7 Å². The van der Waals surface area contributed by atoms with E-state index in [4.69, 9.17) is 9.84 Å². The maximum absolute atomic E-state index is 13.6. The van der Waals surface area contributed by atoms with Crippen LogP contribution in [0.1, 0.15) is 15.9 Å². The van der Waals surface area contributed by atoms with Crippen molar-refractivity contribution >= 4 is 17.7 Å². The summed E-state index contributed by atoms with van der Waals surface area (Å²) in [5, 5.41) is 9.27. The van der Waals surface area contributed by atoms with Crippen LogP contribution >= 0.6 is 11.8 Å². The lowest BCUT2D eigenvalue weighted by molar-refractivity contribution is 0.0687. The van der Waals surface area contributed by atoms with Gasteiger partial charge in [0.05, 0.1) is 0 Å². The van der Waals surface area contributed by atoms with Crippen LogP contribution in [0.15, 0.2) is 47.4 Å². The summed E-state index contributed by atoms with van der Waals surface area (Å²) in [5.41, 5.74) is 0.867. The van der Waals surface area contributed by atoms with Crippen molar-refractivity contribution in [3.63, 3.8) is 0 Å². The zero-order chi connectivity index (χ0) is 14.8. The fourth-order valence-corrected chi connectivity index (χ4v) is 3.58. The monoisotopic (exact) mass is 304 g/mol. The molecule has 3 rings (SSSR count). The van der Waals surface area contributed by atoms with Gasteiger partial charge in [0.25, 0.3) is 0 Å². The molecule has 0 fully saturated rings. The molecule has 1 aliphatic heterocycles. The maximum Gasteiger partial charge on any atom is 0.342 e. The number of carboxylic acid groups (broad SMARTS) is 1. The number of hydrogen-bond acceptors (Lipinski definition) is 3. The number of carbonyl (C=O) groups is 1. The fourth-order valence-electron chi connectivity index (χ4n) is 2.36. The van der Waals surface area contributed by atoms with Crippen molar-refractivity contribution in [1.82, 2.24) is 0 Å². The summed E-state index contributed by atoms with van der Waals surface area (Å²) in [5.74, 6) is -2.01. The summed E-state index contributed by atoms with van der Waals surface area (Å²) in [6.07, 6.45) is 0.874. The zero-order valence-corrected chi connectivity index (χ0v) is 11.9. The molecular weight excluding hydrogens is 291 g/mol. The van der Waals surface area contributed by atoms with Gasteiger partial charge in [0, 0.05) is 10.1 Å². The van der Waals surface area contributed by atoms with Crippen LogP contribution in [0.2, 0.25) is 0 Å². The summed E-state index contributed by atoms with van der Waals surface area (Å²) in [7, 11) is 0. The number of rotatable bonds is 4. The first-order chi connectivity index (χ1) is 10.1. The first-order valence-electron chi connectivity index (χ1n) is 6.54. The molecule has 0 saturated carbocycles. The van der Waals surface area contributed by atoms with Crippen LogP contribution in [0.5, 0.6) is 5.75 Å². The normalized spacial score (nSPS) is 16.5. The van der Waals surface area contributed by atoms with E-state index in [0.717, 1.165) is 12.5 Å². The van der Waals surface area contributed by atoms with E-state index in [9.17, 15) is 9.18 Å². The van der Waals surface area contributed by atoms with Crippen molar-refractivity contribution in [2.24, 2.45) is 0 Å². The fraction of sp³-hybridized carbons (Fsp3) is 0.188. The maximum atomic E-state index is 13.6. The molecule has 0 amide bonds. The average molecular weight is 304 g/mol. The largest absolute Gasteiger partial charge is 0.491 e. The molecule has 2 aromatic rings. The van der Waals surface area contributed by atoms with E-state index in [1.807, 2.05) is 12.1 Å². The number of thioether (sulfide) groups is 1. The van der Waals surface area contributed by atoms with Crippen molar-refractivity contribution < 1.29 is 19.0 Å². The SMILES string of the molecule is O=C(O)c1c(F)cccc1OCC1Cc2ccccc2S1. The molecule has 0 aromatic heterocycles. The molecule has 1 heterocycles. The zero-order valence-electron chi connectivity index (χ0n) is 11.1. The molecule has 1 unspecified atom stereocenters. The van der Waals surface area contributed by atoms with Gasteiger partial charge in [-0.15, -0.1) is 11.8 Å². The molecule has 21 heavy (non-hydrogen) atoms. The van der Waals surface area contributed by atoms with Crippen molar-refractivity contribution in [1.29, 1.82) is 0 Å².